The average molecular weight is 396 g/mol. The first kappa shape index (κ1) is 21.8. The minimum Gasteiger partial charge on any atom is -0.454 e. The average Bonchev–Trinajstić information content (AvgIpc) is 2.71. The Kier molecular flexibility index (Phi) is 8.09. The fourth-order valence-corrected chi connectivity index (χ4v) is 2.55. The number of hydrogen-bond acceptors (Lipinski definition) is 5. The van der Waals surface area contributed by atoms with Crippen LogP contribution in [0.4, 0.5) is 0 Å². The number of rotatable bonds is 8. The van der Waals surface area contributed by atoms with E-state index in [1.807, 2.05) is 30.3 Å². The largest absolute Gasteiger partial charge is 0.454 e. The molecule has 0 radical (unpaired) electrons. The molecule has 0 aromatic heterocycles. The molecule has 0 aliphatic heterocycles. The highest BCUT2D eigenvalue weighted by molar-refractivity contribution is 6.05. The van der Waals surface area contributed by atoms with Crippen molar-refractivity contribution in [3.05, 3.63) is 71.8 Å². The summed E-state index contributed by atoms with van der Waals surface area (Å²) in [5.74, 6) is -2.62. The molecule has 0 aliphatic carbocycles. The summed E-state index contributed by atoms with van der Waals surface area (Å²) in [6.45, 7) is 2.90. The van der Waals surface area contributed by atoms with Gasteiger partial charge in [0.25, 0.3) is 11.8 Å². The topological polar surface area (TPSA) is 102 Å². The Morgan fingerprint density at radius 2 is 1.45 bits per heavy atom. The Balaban J connectivity index is 1.84. The van der Waals surface area contributed by atoms with Crippen LogP contribution in [0.25, 0.3) is 0 Å². The Morgan fingerprint density at radius 1 is 0.862 bits per heavy atom. The number of imide groups is 1. The van der Waals surface area contributed by atoms with Crippen LogP contribution in [-0.4, -0.2) is 36.3 Å². The van der Waals surface area contributed by atoms with Crippen molar-refractivity contribution in [2.45, 2.75) is 26.3 Å². The van der Waals surface area contributed by atoms with E-state index in [1.165, 1.54) is 0 Å². The van der Waals surface area contributed by atoms with Gasteiger partial charge < -0.3 is 10.1 Å². The lowest BCUT2D eigenvalue weighted by atomic mass is 10.0. The highest BCUT2D eigenvalue weighted by Gasteiger charge is 2.26. The number of esters is 1. The summed E-state index contributed by atoms with van der Waals surface area (Å²) in [5.41, 5.74) is 1.14. The summed E-state index contributed by atoms with van der Waals surface area (Å²) in [5, 5.41) is 4.79. The van der Waals surface area contributed by atoms with Crippen molar-refractivity contribution in [3.63, 3.8) is 0 Å². The van der Waals surface area contributed by atoms with Crippen LogP contribution >= 0.6 is 0 Å². The highest BCUT2D eigenvalue weighted by atomic mass is 16.5. The molecule has 7 heteroatoms. The van der Waals surface area contributed by atoms with Crippen molar-refractivity contribution in [1.82, 2.24) is 10.6 Å². The van der Waals surface area contributed by atoms with E-state index >= 15 is 0 Å². The molecule has 2 aromatic rings. The second-order valence-electron chi connectivity index (χ2n) is 6.80. The summed E-state index contributed by atoms with van der Waals surface area (Å²) in [7, 11) is 0. The zero-order valence-electron chi connectivity index (χ0n) is 16.4. The molecule has 2 rings (SSSR count). The highest BCUT2D eigenvalue weighted by Crippen LogP contribution is 2.06. The minimum atomic E-state index is -0.899. The monoisotopic (exact) mass is 396 g/mol. The summed E-state index contributed by atoms with van der Waals surface area (Å²) in [6.07, 6.45) is 0.128. The normalized spacial score (nSPS) is 11.4. The lowest BCUT2D eigenvalue weighted by Gasteiger charge is -2.20. The standard InChI is InChI=1S/C22H24N2O5/c1-15(2)20(23-18(25)13-16-9-5-3-6-10-16)22(28)29-14-19(26)24-21(27)17-11-7-4-8-12-17/h3-12,15,20H,13-14H2,1-2H3,(H,23,25)(H,24,26,27)/t20-/m0/s1. The summed E-state index contributed by atoms with van der Waals surface area (Å²) >= 11 is 0. The summed E-state index contributed by atoms with van der Waals surface area (Å²) < 4.78 is 5.00. The lowest BCUT2D eigenvalue weighted by molar-refractivity contribution is -0.152. The number of nitrogens with one attached hydrogen (secondary N) is 2. The zero-order chi connectivity index (χ0) is 21.2. The fraction of sp³-hybridized carbons (Fsp3) is 0.273. The maximum absolute atomic E-state index is 12.3. The Hall–Kier alpha value is -3.48. The van der Waals surface area contributed by atoms with Crippen LogP contribution in [0.15, 0.2) is 60.7 Å². The Labute approximate surface area is 169 Å². The zero-order valence-corrected chi connectivity index (χ0v) is 16.4. The molecule has 0 unspecified atom stereocenters. The van der Waals surface area contributed by atoms with Crippen molar-refractivity contribution >= 4 is 23.7 Å². The van der Waals surface area contributed by atoms with Gasteiger partial charge in [-0.05, 0) is 23.6 Å². The third kappa shape index (κ3) is 7.21. The third-order valence-corrected chi connectivity index (χ3v) is 4.08. The van der Waals surface area contributed by atoms with E-state index in [0.717, 1.165) is 5.56 Å². The van der Waals surface area contributed by atoms with Gasteiger partial charge in [0.05, 0.1) is 6.42 Å². The maximum atomic E-state index is 12.3. The van der Waals surface area contributed by atoms with Gasteiger partial charge in [0.1, 0.15) is 6.04 Å². The van der Waals surface area contributed by atoms with E-state index < -0.39 is 30.4 Å². The molecular formula is C22H24N2O5. The van der Waals surface area contributed by atoms with Crippen LogP contribution in [0, 0.1) is 5.92 Å². The van der Waals surface area contributed by atoms with Gasteiger partial charge in [-0.25, -0.2) is 4.79 Å². The number of hydrogen-bond donors (Lipinski definition) is 2. The van der Waals surface area contributed by atoms with Crippen LogP contribution < -0.4 is 10.6 Å². The van der Waals surface area contributed by atoms with Crippen LogP contribution in [-0.2, 0) is 25.5 Å². The van der Waals surface area contributed by atoms with E-state index in [-0.39, 0.29) is 18.2 Å². The van der Waals surface area contributed by atoms with Crippen molar-refractivity contribution in [2.75, 3.05) is 6.61 Å². The Bertz CT molecular complexity index is 850. The van der Waals surface area contributed by atoms with Crippen LogP contribution in [0.5, 0.6) is 0 Å². The first-order valence-electron chi connectivity index (χ1n) is 9.26. The molecular weight excluding hydrogens is 372 g/mol. The number of amides is 3. The van der Waals surface area contributed by atoms with E-state index in [9.17, 15) is 19.2 Å². The molecule has 0 saturated carbocycles. The van der Waals surface area contributed by atoms with Gasteiger partial charge in [-0.2, -0.15) is 0 Å². The van der Waals surface area contributed by atoms with Crippen molar-refractivity contribution in [3.8, 4) is 0 Å². The molecule has 0 bridgehead atoms. The number of benzene rings is 2. The summed E-state index contributed by atoms with van der Waals surface area (Å²) in [6, 6.07) is 16.4. The molecule has 152 valence electrons. The van der Waals surface area contributed by atoms with E-state index in [0.29, 0.717) is 5.56 Å². The van der Waals surface area contributed by atoms with Crippen molar-refractivity contribution in [1.29, 1.82) is 0 Å². The number of carbonyl (C=O) groups excluding carboxylic acids is 4. The molecule has 0 saturated heterocycles. The number of carbonyl (C=O) groups is 4. The first-order chi connectivity index (χ1) is 13.9. The molecule has 0 fully saturated rings. The predicted molar refractivity (Wildman–Crippen MR) is 107 cm³/mol. The van der Waals surface area contributed by atoms with Gasteiger partial charge in [-0.1, -0.05) is 62.4 Å². The van der Waals surface area contributed by atoms with Gasteiger partial charge in [-0.3, -0.25) is 19.7 Å². The third-order valence-electron chi connectivity index (χ3n) is 4.08. The molecule has 29 heavy (non-hydrogen) atoms. The molecule has 0 spiro atoms. The Morgan fingerprint density at radius 3 is 2.03 bits per heavy atom. The molecule has 2 N–H and O–H groups in total. The van der Waals surface area contributed by atoms with E-state index in [4.69, 9.17) is 4.74 Å². The SMILES string of the molecule is CC(C)[C@H](NC(=O)Cc1ccccc1)C(=O)OCC(=O)NC(=O)c1ccccc1. The van der Waals surface area contributed by atoms with E-state index in [2.05, 4.69) is 10.6 Å². The minimum absolute atomic E-state index is 0.128. The van der Waals surface area contributed by atoms with Gasteiger partial charge in [0.15, 0.2) is 6.61 Å². The molecule has 2 aromatic carbocycles. The second-order valence-corrected chi connectivity index (χ2v) is 6.80. The van der Waals surface area contributed by atoms with Gasteiger partial charge in [0.2, 0.25) is 5.91 Å². The molecule has 7 nitrogen and oxygen atoms in total. The van der Waals surface area contributed by atoms with Crippen LogP contribution in [0.1, 0.15) is 29.8 Å². The lowest BCUT2D eigenvalue weighted by Crippen LogP contribution is -2.46. The van der Waals surface area contributed by atoms with Gasteiger partial charge in [0, 0.05) is 5.56 Å². The van der Waals surface area contributed by atoms with Crippen molar-refractivity contribution in [2.24, 2.45) is 5.92 Å². The predicted octanol–water partition coefficient (Wildman–Crippen LogP) is 1.87. The van der Waals surface area contributed by atoms with Crippen LogP contribution in [0.3, 0.4) is 0 Å². The molecule has 1 atom stereocenters. The van der Waals surface area contributed by atoms with Gasteiger partial charge in [-0.15, -0.1) is 0 Å². The quantitative estimate of drug-likeness (QED) is 0.664. The van der Waals surface area contributed by atoms with E-state index in [1.54, 1.807) is 44.2 Å². The van der Waals surface area contributed by atoms with Crippen molar-refractivity contribution < 1.29 is 23.9 Å². The maximum Gasteiger partial charge on any atom is 0.329 e. The first-order valence-corrected chi connectivity index (χ1v) is 9.26. The summed E-state index contributed by atoms with van der Waals surface area (Å²) in [4.78, 5) is 48.4. The molecule has 0 heterocycles. The van der Waals surface area contributed by atoms with Crippen LogP contribution in [0.2, 0.25) is 0 Å². The smallest absolute Gasteiger partial charge is 0.329 e. The second kappa shape index (κ2) is 10.8. The van der Waals surface area contributed by atoms with Gasteiger partial charge >= 0.3 is 5.97 Å². The molecule has 0 aliphatic rings. The number of ether oxygens (including phenoxy) is 1. The molecule has 3 amide bonds. The fourth-order valence-electron chi connectivity index (χ4n) is 2.55.